The van der Waals surface area contributed by atoms with Crippen LogP contribution in [0, 0.1) is 0 Å². The molecule has 0 atom stereocenters. The molecule has 0 bridgehead atoms. The van der Waals surface area contributed by atoms with Crippen molar-refractivity contribution < 1.29 is 36.9 Å². The van der Waals surface area contributed by atoms with Gasteiger partial charge in [0.2, 0.25) is 0 Å². The van der Waals surface area contributed by atoms with Gasteiger partial charge in [-0.05, 0) is 31.2 Å². The minimum absolute atomic E-state index is 0.0701. The van der Waals surface area contributed by atoms with Gasteiger partial charge in [-0.15, -0.1) is 0 Å². The molecular weight excluding hydrogens is 414 g/mol. The van der Waals surface area contributed by atoms with Crippen LogP contribution in [0.15, 0.2) is 41.3 Å². The van der Waals surface area contributed by atoms with E-state index in [4.69, 9.17) is 23.7 Å². The Labute approximate surface area is 175 Å². The molecule has 0 saturated heterocycles. The van der Waals surface area contributed by atoms with Crippen molar-refractivity contribution in [3.05, 3.63) is 36.4 Å². The number of fused-ring (bicyclic) bond motifs is 1. The molecule has 0 aromatic heterocycles. The summed E-state index contributed by atoms with van der Waals surface area (Å²) in [6, 6.07) is 8.87. The highest BCUT2D eigenvalue weighted by molar-refractivity contribution is 7.92. The maximum Gasteiger partial charge on any atom is 0.326 e. The fourth-order valence-electron chi connectivity index (χ4n) is 2.93. The summed E-state index contributed by atoms with van der Waals surface area (Å²) in [6.45, 7) is 2.02. The second-order valence-electron chi connectivity index (χ2n) is 6.16. The van der Waals surface area contributed by atoms with E-state index in [2.05, 4.69) is 0 Å². The second-order valence-corrected chi connectivity index (χ2v) is 8.02. The van der Waals surface area contributed by atoms with Crippen molar-refractivity contribution >= 4 is 21.7 Å². The number of ether oxygens (including phenoxy) is 5. The lowest BCUT2D eigenvalue weighted by Crippen LogP contribution is -2.36. The number of hydrogen-bond acceptors (Lipinski definition) is 8. The number of benzene rings is 2. The van der Waals surface area contributed by atoms with Gasteiger partial charge in [-0.3, -0.25) is 9.10 Å². The van der Waals surface area contributed by atoms with Crippen molar-refractivity contribution in [2.24, 2.45) is 0 Å². The minimum atomic E-state index is -4.15. The zero-order valence-electron chi connectivity index (χ0n) is 16.9. The van der Waals surface area contributed by atoms with Gasteiger partial charge in [0.1, 0.15) is 19.8 Å². The van der Waals surface area contributed by atoms with Crippen molar-refractivity contribution in [2.45, 2.75) is 11.8 Å². The van der Waals surface area contributed by atoms with Crippen LogP contribution < -0.4 is 23.3 Å². The fraction of sp³-hybridized carbons (Fsp3) is 0.350. The van der Waals surface area contributed by atoms with E-state index in [0.29, 0.717) is 30.5 Å². The maximum absolute atomic E-state index is 13.5. The first kappa shape index (κ1) is 21.6. The molecule has 2 aromatic rings. The number of carbonyl (C=O) groups excluding carboxylic acids is 1. The van der Waals surface area contributed by atoms with Gasteiger partial charge in [-0.25, -0.2) is 8.42 Å². The molecule has 1 heterocycles. The van der Waals surface area contributed by atoms with Gasteiger partial charge in [-0.2, -0.15) is 0 Å². The Morgan fingerprint density at radius 1 is 1.00 bits per heavy atom. The van der Waals surface area contributed by atoms with E-state index < -0.39 is 22.5 Å². The maximum atomic E-state index is 13.5. The summed E-state index contributed by atoms with van der Waals surface area (Å²) < 4.78 is 54.3. The van der Waals surface area contributed by atoms with Crippen LogP contribution in [-0.2, 0) is 19.6 Å². The molecule has 1 aliphatic heterocycles. The SMILES string of the molecule is CCOC(=O)CN(c1ccc2c(c1)OCCO2)S(=O)(=O)c1ccc(OC)c(OC)c1. The van der Waals surface area contributed by atoms with Gasteiger partial charge in [0.15, 0.2) is 23.0 Å². The fourth-order valence-corrected chi connectivity index (χ4v) is 4.35. The monoisotopic (exact) mass is 437 g/mol. The Hall–Kier alpha value is -3.14. The Bertz CT molecular complexity index is 1020. The molecule has 0 fully saturated rings. The van der Waals surface area contributed by atoms with E-state index in [1.165, 1.54) is 38.5 Å². The quantitative estimate of drug-likeness (QED) is 0.580. The Kier molecular flexibility index (Phi) is 6.56. The van der Waals surface area contributed by atoms with Gasteiger partial charge in [0.25, 0.3) is 10.0 Å². The molecule has 10 heteroatoms. The Morgan fingerprint density at radius 2 is 1.70 bits per heavy atom. The zero-order chi connectivity index (χ0) is 21.7. The molecule has 2 aromatic carbocycles. The number of methoxy groups -OCH3 is 2. The van der Waals surface area contributed by atoms with Crippen LogP contribution >= 0.6 is 0 Å². The van der Waals surface area contributed by atoms with Crippen molar-refractivity contribution in [2.75, 3.05) is 44.9 Å². The number of nitrogens with zero attached hydrogens (tertiary/aromatic N) is 1. The molecule has 0 amide bonds. The first-order valence-electron chi connectivity index (χ1n) is 9.20. The Balaban J connectivity index is 2.06. The highest BCUT2D eigenvalue weighted by atomic mass is 32.2. The van der Waals surface area contributed by atoms with E-state index in [0.717, 1.165) is 4.31 Å². The highest BCUT2D eigenvalue weighted by Gasteiger charge is 2.30. The second kappa shape index (κ2) is 9.12. The largest absolute Gasteiger partial charge is 0.493 e. The molecule has 1 aliphatic rings. The van der Waals surface area contributed by atoms with Gasteiger partial charge in [0, 0.05) is 12.1 Å². The van der Waals surface area contributed by atoms with E-state index in [-0.39, 0.29) is 22.9 Å². The molecule has 0 aliphatic carbocycles. The molecule has 3 rings (SSSR count). The predicted octanol–water partition coefficient (Wildman–Crippen LogP) is 2.23. The molecule has 0 N–H and O–H groups in total. The van der Waals surface area contributed by atoms with E-state index in [9.17, 15) is 13.2 Å². The topological polar surface area (TPSA) is 101 Å². The molecule has 0 radical (unpaired) electrons. The summed E-state index contributed by atoms with van der Waals surface area (Å²) in [4.78, 5) is 12.1. The molecule has 0 unspecified atom stereocenters. The summed E-state index contributed by atoms with van der Waals surface area (Å²) in [6.07, 6.45) is 0. The van der Waals surface area contributed by atoms with E-state index in [1.807, 2.05) is 0 Å². The molecule has 162 valence electrons. The molecule has 0 saturated carbocycles. The lowest BCUT2D eigenvalue weighted by atomic mass is 10.2. The number of carbonyl (C=O) groups is 1. The minimum Gasteiger partial charge on any atom is -0.493 e. The average molecular weight is 437 g/mol. The smallest absolute Gasteiger partial charge is 0.326 e. The van der Waals surface area contributed by atoms with Gasteiger partial charge in [-0.1, -0.05) is 0 Å². The van der Waals surface area contributed by atoms with Gasteiger partial charge in [0.05, 0.1) is 31.4 Å². The van der Waals surface area contributed by atoms with Crippen molar-refractivity contribution in [1.29, 1.82) is 0 Å². The summed E-state index contributed by atoms with van der Waals surface area (Å²) in [5.74, 6) is 0.848. The van der Waals surface area contributed by atoms with Crippen LogP contribution in [0.4, 0.5) is 5.69 Å². The van der Waals surface area contributed by atoms with Gasteiger partial charge < -0.3 is 23.7 Å². The average Bonchev–Trinajstić information content (AvgIpc) is 2.76. The number of esters is 1. The Morgan fingerprint density at radius 3 is 2.37 bits per heavy atom. The number of rotatable bonds is 8. The summed E-state index contributed by atoms with van der Waals surface area (Å²) in [7, 11) is -1.29. The van der Waals surface area contributed by atoms with E-state index >= 15 is 0 Å². The van der Waals surface area contributed by atoms with Crippen LogP contribution in [0.2, 0.25) is 0 Å². The van der Waals surface area contributed by atoms with Crippen LogP contribution in [0.5, 0.6) is 23.0 Å². The molecule has 9 nitrogen and oxygen atoms in total. The third-order valence-corrected chi connectivity index (χ3v) is 6.10. The summed E-state index contributed by atoms with van der Waals surface area (Å²) in [5, 5.41) is 0. The van der Waals surface area contributed by atoms with Crippen molar-refractivity contribution in [3.8, 4) is 23.0 Å². The van der Waals surface area contributed by atoms with Crippen molar-refractivity contribution in [3.63, 3.8) is 0 Å². The standard InChI is InChI=1S/C20H23NO8S/c1-4-27-20(22)13-21(14-5-7-17-19(11-14)29-10-9-28-17)30(23,24)15-6-8-16(25-2)18(12-15)26-3/h5-8,11-12H,4,9-10,13H2,1-3H3. The van der Waals surface area contributed by atoms with Crippen molar-refractivity contribution in [1.82, 2.24) is 0 Å². The highest BCUT2D eigenvalue weighted by Crippen LogP contribution is 2.37. The first-order chi connectivity index (χ1) is 14.4. The predicted molar refractivity (Wildman–Crippen MR) is 108 cm³/mol. The molecular formula is C20H23NO8S. The number of anilines is 1. The molecule has 30 heavy (non-hydrogen) atoms. The normalized spacial score (nSPS) is 12.8. The van der Waals surface area contributed by atoms with Gasteiger partial charge >= 0.3 is 5.97 Å². The third-order valence-electron chi connectivity index (χ3n) is 4.33. The van der Waals surface area contributed by atoms with Crippen LogP contribution in [0.25, 0.3) is 0 Å². The first-order valence-corrected chi connectivity index (χ1v) is 10.6. The molecule has 0 spiro atoms. The lowest BCUT2D eigenvalue weighted by molar-refractivity contribution is -0.141. The summed E-state index contributed by atoms with van der Waals surface area (Å²) >= 11 is 0. The summed E-state index contributed by atoms with van der Waals surface area (Å²) in [5.41, 5.74) is 0.238. The van der Waals surface area contributed by atoms with Crippen LogP contribution in [-0.4, -0.2) is 55.0 Å². The number of hydrogen-bond donors (Lipinski definition) is 0. The zero-order valence-corrected chi connectivity index (χ0v) is 17.7. The van der Waals surface area contributed by atoms with Crippen LogP contribution in [0.3, 0.4) is 0 Å². The third kappa shape index (κ3) is 4.38. The number of sulfonamides is 1. The van der Waals surface area contributed by atoms with Crippen LogP contribution in [0.1, 0.15) is 6.92 Å². The van der Waals surface area contributed by atoms with E-state index in [1.54, 1.807) is 19.1 Å². The lowest BCUT2D eigenvalue weighted by Gasteiger charge is -2.26.